The summed E-state index contributed by atoms with van der Waals surface area (Å²) >= 11 is 0. The first kappa shape index (κ1) is 17.7. The van der Waals surface area contributed by atoms with E-state index in [1.807, 2.05) is 12.1 Å². The predicted octanol–water partition coefficient (Wildman–Crippen LogP) is 0.285. The summed E-state index contributed by atoms with van der Waals surface area (Å²) in [7, 11) is 1.52. The van der Waals surface area contributed by atoms with Crippen molar-refractivity contribution < 1.29 is 14.3 Å². The molecular formula is C16H26N4O3. The highest BCUT2D eigenvalue weighted by Crippen LogP contribution is 2.18. The smallest absolute Gasteiger partial charge is 0.239 e. The van der Waals surface area contributed by atoms with Crippen molar-refractivity contribution in [2.45, 2.75) is 38.6 Å². The van der Waals surface area contributed by atoms with Crippen molar-refractivity contribution in [1.82, 2.24) is 10.3 Å². The zero-order chi connectivity index (χ0) is 16.8. The van der Waals surface area contributed by atoms with Gasteiger partial charge in [0.1, 0.15) is 11.9 Å². The molecule has 2 rings (SSSR count). The molecular weight excluding hydrogens is 296 g/mol. The fraction of sp³-hybridized carbons (Fsp3) is 0.625. The van der Waals surface area contributed by atoms with Crippen molar-refractivity contribution in [2.75, 3.05) is 31.7 Å². The van der Waals surface area contributed by atoms with Gasteiger partial charge in [-0.3, -0.25) is 4.79 Å². The standard InChI is InChI=1S/C16H26N4O3/c1-11-8-20(9-12(2)23-11)15-5-4-13(6-18-15)7-19-16(21)14(17)10-22-3/h4-6,11-12,14H,7-10,17H2,1-3H3,(H,19,21). The van der Waals surface area contributed by atoms with Gasteiger partial charge in [-0.05, 0) is 25.5 Å². The van der Waals surface area contributed by atoms with Crippen LogP contribution in [0.2, 0.25) is 0 Å². The zero-order valence-corrected chi connectivity index (χ0v) is 14.0. The summed E-state index contributed by atoms with van der Waals surface area (Å²) < 4.78 is 10.6. The number of amides is 1. The van der Waals surface area contributed by atoms with Gasteiger partial charge in [0.15, 0.2) is 0 Å². The number of methoxy groups -OCH3 is 1. The van der Waals surface area contributed by atoms with Gasteiger partial charge in [0.05, 0.1) is 18.8 Å². The SMILES string of the molecule is COCC(N)C(=O)NCc1ccc(N2CC(C)OC(C)C2)nc1. The van der Waals surface area contributed by atoms with E-state index in [4.69, 9.17) is 15.2 Å². The molecule has 0 aliphatic carbocycles. The molecule has 1 fully saturated rings. The zero-order valence-electron chi connectivity index (χ0n) is 14.0. The lowest BCUT2D eigenvalue weighted by atomic mass is 10.2. The maximum absolute atomic E-state index is 11.7. The maximum atomic E-state index is 11.7. The van der Waals surface area contributed by atoms with Crippen LogP contribution >= 0.6 is 0 Å². The molecule has 0 bridgehead atoms. The van der Waals surface area contributed by atoms with Crippen molar-refractivity contribution in [3.8, 4) is 0 Å². The van der Waals surface area contributed by atoms with Crippen LogP contribution in [0.25, 0.3) is 0 Å². The number of nitrogens with one attached hydrogen (secondary N) is 1. The van der Waals surface area contributed by atoms with E-state index in [-0.39, 0.29) is 24.7 Å². The highest BCUT2D eigenvalue weighted by atomic mass is 16.5. The van der Waals surface area contributed by atoms with Crippen molar-refractivity contribution in [3.05, 3.63) is 23.9 Å². The number of nitrogens with zero attached hydrogens (tertiary/aromatic N) is 2. The minimum atomic E-state index is -0.649. The number of rotatable bonds is 6. The van der Waals surface area contributed by atoms with Gasteiger partial charge in [0, 0.05) is 32.9 Å². The fourth-order valence-corrected chi connectivity index (χ4v) is 2.65. The Bertz CT molecular complexity index is 499. The van der Waals surface area contributed by atoms with Gasteiger partial charge in [-0.15, -0.1) is 0 Å². The van der Waals surface area contributed by atoms with Gasteiger partial charge in [0.2, 0.25) is 5.91 Å². The summed E-state index contributed by atoms with van der Waals surface area (Å²) in [5.74, 6) is 0.699. The molecule has 128 valence electrons. The molecule has 1 amide bonds. The minimum absolute atomic E-state index is 0.196. The molecule has 3 N–H and O–H groups in total. The van der Waals surface area contributed by atoms with Crippen molar-refractivity contribution in [3.63, 3.8) is 0 Å². The number of anilines is 1. The largest absolute Gasteiger partial charge is 0.383 e. The van der Waals surface area contributed by atoms with Crippen molar-refractivity contribution in [1.29, 1.82) is 0 Å². The number of ether oxygens (including phenoxy) is 2. The second-order valence-corrected chi connectivity index (χ2v) is 5.97. The first-order valence-corrected chi connectivity index (χ1v) is 7.87. The molecule has 1 aliphatic rings. The number of carbonyl (C=O) groups is 1. The summed E-state index contributed by atoms with van der Waals surface area (Å²) in [6.45, 7) is 6.40. The molecule has 0 radical (unpaired) electrons. The van der Waals surface area contributed by atoms with Crippen LogP contribution in [0.5, 0.6) is 0 Å². The normalized spacial score (nSPS) is 22.7. The fourth-order valence-electron chi connectivity index (χ4n) is 2.65. The average molecular weight is 322 g/mol. The third-order valence-electron chi connectivity index (χ3n) is 3.70. The number of hydrogen-bond acceptors (Lipinski definition) is 6. The molecule has 1 saturated heterocycles. The lowest BCUT2D eigenvalue weighted by Gasteiger charge is -2.36. The predicted molar refractivity (Wildman–Crippen MR) is 88.2 cm³/mol. The lowest BCUT2D eigenvalue weighted by molar-refractivity contribution is -0.123. The topological polar surface area (TPSA) is 89.7 Å². The van der Waals surface area contributed by atoms with Crippen LogP contribution in [0, 0.1) is 0 Å². The average Bonchev–Trinajstić information content (AvgIpc) is 2.52. The van der Waals surface area contributed by atoms with Gasteiger partial charge in [-0.2, -0.15) is 0 Å². The lowest BCUT2D eigenvalue weighted by Crippen LogP contribution is -2.45. The number of pyridine rings is 1. The number of morpholine rings is 1. The van der Waals surface area contributed by atoms with Crippen LogP contribution in [0.3, 0.4) is 0 Å². The molecule has 1 aromatic heterocycles. The van der Waals surface area contributed by atoms with E-state index in [0.29, 0.717) is 6.54 Å². The van der Waals surface area contributed by atoms with E-state index in [1.54, 1.807) is 6.20 Å². The molecule has 23 heavy (non-hydrogen) atoms. The Morgan fingerprint density at radius 1 is 1.48 bits per heavy atom. The van der Waals surface area contributed by atoms with Crippen LogP contribution in [0.15, 0.2) is 18.3 Å². The van der Waals surface area contributed by atoms with E-state index in [0.717, 1.165) is 24.5 Å². The third-order valence-corrected chi connectivity index (χ3v) is 3.70. The van der Waals surface area contributed by atoms with Gasteiger partial charge in [-0.25, -0.2) is 4.98 Å². The maximum Gasteiger partial charge on any atom is 0.239 e. The molecule has 7 nitrogen and oxygen atoms in total. The summed E-state index contributed by atoms with van der Waals surface area (Å²) in [4.78, 5) is 18.4. The second-order valence-electron chi connectivity index (χ2n) is 5.97. The highest BCUT2D eigenvalue weighted by Gasteiger charge is 2.23. The molecule has 2 heterocycles. The summed E-state index contributed by atoms with van der Waals surface area (Å²) in [5.41, 5.74) is 6.60. The number of hydrogen-bond donors (Lipinski definition) is 2. The molecule has 1 aromatic rings. The Hall–Kier alpha value is -1.70. The van der Waals surface area contributed by atoms with E-state index in [1.165, 1.54) is 7.11 Å². The van der Waals surface area contributed by atoms with E-state index >= 15 is 0 Å². The second kappa shape index (κ2) is 8.24. The first-order chi connectivity index (χ1) is 11.0. The van der Waals surface area contributed by atoms with Crippen LogP contribution in [-0.2, 0) is 20.8 Å². The number of nitrogens with two attached hydrogens (primary N) is 1. The van der Waals surface area contributed by atoms with E-state index in [9.17, 15) is 4.79 Å². The van der Waals surface area contributed by atoms with Gasteiger partial charge in [0.25, 0.3) is 0 Å². The molecule has 7 heteroatoms. The summed E-state index contributed by atoms with van der Waals surface area (Å²) in [5, 5.41) is 2.78. The Balaban J connectivity index is 1.88. The molecule has 3 unspecified atom stereocenters. The monoisotopic (exact) mass is 322 g/mol. The van der Waals surface area contributed by atoms with Gasteiger partial charge < -0.3 is 25.4 Å². The van der Waals surface area contributed by atoms with E-state index < -0.39 is 6.04 Å². The molecule has 0 spiro atoms. The third kappa shape index (κ3) is 5.16. The molecule has 1 aliphatic heterocycles. The number of aromatic nitrogens is 1. The van der Waals surface area contributed by atoms with Crippen molar-refractivity contribution in [2.24, 2.45) is 5.73 Å². The highest BCUT2D eigenvalue weighted by molar-refractivity contribution is 5.81. The van der Waals surface area contributed by atoms with Gasteiger partial charge in [-0.1, -0.05) is 6.07 Å². The van der Waals surface area contributed by atoms with Crippen molar-refractivity contribution >= 4 is 11.7 Å². The van der Waals surface area contributed by atoms with Crippen LogP contribution in [-0.4, -0.2) is 55.9 Å². The summed E-state index contributed by atoms with van der Waals surface area (Å²) in [6, 6.07) is 3.29. The van der Waals surface area contributed by atoms with Crippen LogP contribution in [0.1, 0.15) is 19.4 Å². The summed E-state index contributed by atoms with van der Waals surface area (Å²) in [6.07, 6.45) is 2.17. The quantitative estimate of drug-likeness (QED) is 0.782. The number of carbonyl (C=O) groups excluding carboxylic acids is 1. The first-order valence-electron chi connectivity index (χ1n) is 7.87. The minimum Gasteiger partial charge on any atom is -0.383 e. The molecule has 0 saturated carbocycles. The Morgan fingerprint density at radius 3 is 2.74 bits per heavy atom. The molecule has 3 atom stereocenters. The van der Waals surface area contributed by atoms with Crippen LogP contribution < -0.4 is 16.0 Å². The van der Waals surface area contributed by atoms with E-state index in [2.05, 4.69) is 29.0 Å². The van der Waals surface area contributed by atoms with Crippen LogP contribution in [0.4, 0.5) is 5.82 Å². The Labute approximate surface area is 137 Å². The Morgan fingerprint density at radius 2 is 2.17 bits per heavy atom. The van der Waals surface area contributed by atoms with Gasteiger partial charge >= 0.3 is 0 Å². The Kier molecular flexibility index (Phi) is 6.32. The molecule has 0 aromatic carbocycles.